The van der Waals surface area contributed by atoms with Crippen LogP contribution in [-0.2, 0) is 0 Å². The van der Waals surface area contributed by atoms with Crippen molar-refractivity contribution in [1.29, 1.82) is 0 Å². The largest absolute Gasteiger partial charge is 0.336 e. The van der Waals surface area contributed by atoms with Gasteiger partial charge in [0.2, 0.25) is 0 Å². The van der Waals surface area contributed by atoms with Crippen LogP contribution in [0.4, 0.5) is 4.39 Å². The molecule has 1 amide bonds. The normalized spacial score (nSPS) is 24.6. The Kier molecular flexibility index (Phi) is 4.26. The van der Waals surface area contributed by atoms with Gasteiger partial charge in [0.15, 0.2) is 0 Å². The van der Waals surface area contributed by atoms with Crippen molar-refractivity contribution < 1.29 is 9.18 Å². The third kappa shape index (κ3) is 2.98. The van der Waals surface area contributed by atoms with E-state index in [4.69, 9.17) is 0 Å². The summed E-state index contributed by atoms with van der Waals surface area (Å²) in [6.45, 7) is 5.55. The van der Waals surface area contributed by atoms with Gasteiger partial charge in [-0.1, -0.05) is 0 Å². The molecule has 2 unspecified atom stereocenters. The van der Waals surface area contributed by atoms with Gasteiger partial charge in [-0.25, -0.2) is 4.39 Å². The maximum Gasteiger partial charge on any atom is 0.254 e. The van der Waals surface area contributed by atoms with Crippen molar-refractivity contribution >= 4 is 21.8 Å². The number of hydrogen-bond donors (Lipinski definition) is 0. The van der Waals surface area contributed by atoms with Crippen molar-refractivity contribution in [1.82, 2.24) is 9.80 Å². The van der Waals surface area contributed by atoms with Gasteiger partial charge < -0.3 is 4.90 Å². The van der Waals surface area contributed by atoms with E-state index >= 15 is 0 Å². The van der Waals surface area contributed by atoms with Crippen LogP contribution in [0.25, 0.3) is 0 Å². The van der Waals surface area contributed by atoms with Gasteiger partial charge in [-0.3, -0.25) is 9.69 Å². The Hall–Kier alpha value is -0.940. The van der Waals surface area contributed by atoms with Crippen LogP contribution >= 0.6 is 15.9 Å². The highest BCUT2D eigenvalue weighted by Gasteiger charge is 2.29. The lowest BCUT2D eigenvalue weighted by atomic mass is 10.1. The van der Waals surface area contributed by atoms with E-state index in [1.165, 1.54) is 6.07 Å². The number of likely N-dealkylation sites (N-methyl/N-ethyl adjacent to an activating group) is 1. The second kappa shape index (κ2) is 5.59. The van der Waals surface area contributed by atoms with Gasteiger partial charge in [0.1, 0.15) is 5.82 Å². The fourth-order valence-electron chi connectivity index (χ4n) is 2.38. The molecule has 0 spiro atoms. The molecule has 19 heavy (non-hydrogen) atoms. The first-order valence-corrected chi connectivity index (χ1v) is 7.15. The minimum Gasteiger partial charge on any atom is -0.336 e. The van der Waals surface area contributed by atoms with Crippen molar-refractivity contribution in [3.05, 3.63) is 34.1 Å². The lowest BCUT2D eigenvalue weighted by Crippen LogP contribution is -2.56. The van der Waals surface area contributed by atoms with Crippen LogP contribution in [0.1, 0.15) is 24.2 Å². The summed E-state index contributed by atoms with van der Waals surface area (Å²) in [6.07, 6.45) is 0. The lowest BCUT2D eigenvalue weighted by molar-refractivity contribution is 0.0414. The first-order valence-electron chi connectivity index (χ1n) is 6.36. The summed E-state index contributed by atoms with van der Waals surface area (Å²) in [5.41, 5.74) is 0.407. The molecule has 0 bridgehead atoms. The Labute approximate surface area is 121 Å². The molecule has 1 aromatic rings. The Morgan fingerprint density at radius 2 is 1.89 bits per heavy atom. The van der Waals surface area contributed by atoms with Crippen molar-refractivity contribution in [3.63, 3.8) is 0 Å². The van der Waals surface area contributed by atoms with Crippen LogP contribution in [0, 0.1) is 5.82 Å². The van der Waals surface area contributed by atoms with Crippen LogP contribution in [0.5, 0.6) is 0 Å². The topological polar surface area (TPSA) is 23.6 Å². The summed E-state index contributed by atoms with van der Waals surface area (Å²) in [5, 5.41) is 0. The van der Waals surface area contributed by atoms with E-state index in [0.29, 0.717) is 35.2 Å². The smallest absolute Gasteiger partial charge is 0.254 e. The third-order valence-electron chi connectivity index (χ3n) is 3.81. The van der Waals surface area contributed by atoms with E-state index in [9.17, 15) is 9.18 Å². The second-order valence-electron chi connectivity index (χ2n) is 5.20. The van der Waals surface area contributed by atoms with Crippen LogP contribution in [0.15, 0.2) is 22.7 Å². The fourth-order valence-corrected chi connectivity index (χ4v) is 2.63. The predicted molar refractivity (Wildman–Crippen MR) is 76.7 cm³/mol. The predicted octanol–water partition coefficient (Wildman–Crippen LogP) is 2.75. The number of carbonyl (C=O) groups excluding carboxylic acids is 1. The van der Waals surface area contributed by atoms with Crippen molar-refractivity contribution in [2.75, 3.05) is 20.1 Å². The molecule has 104 valence electrons. The van der Waals surface area contributed by atoms with Gasteiger partial charge in [0.25, 0.3) is 5.91 Å². The van der Waals surface area contributed by atoms with Crippen molar-refractivity contribution in [3.8, 4) is 0 Å². The van der Waals surface area contributed by atoms with Gasteiger partial charge in [-0.05, 0) is 55.0 Å². The number of piperazine rings is 1. The average molecular weight is 329 g/mol. The molecule has 1 aliphatic rings. The van der Waals surface area contributed by atoms with E-state index in [1.807, 2.05) is 0 Å². The molecular formula is C14H18BrFN2O. The minimum atomic E-state index is -0.402. The van der Waals surface area contributed by atoms with Gasteiger partial charge in [0, 0.05) is 30.7 Å². The lowest BCUT2D eigenvalue weighted by Gasteiger charge is -2.42. The van der Waals surface area contributed by atoms with E-state index in [-0.39, 0.29) is 5.91 Å². The Balaban J connectivity index is 2.17. The van der Waals surface area contributed by atoms with E-state index in [1.54, 1.807) is 17.0 Å². The van der Waals surface area contributed by atoms with Crippen LogP contribution in [0.3, 0.4) is 0 Å². The summed E-state index contributed by atoms with van der Waals surface area (Å²) in [6, 6.07) is 5.15. The number of halogens is 2. The molecule has 0 saturated carbocycles. The number of amides is 1. The van der Waals surface area contributed by atoms with Gasteiger partial charge in [-0.2, -0.15) is 0 Å². The molecule has 1 aromatic carbocycles. The molecule has 0 radical (unpaired) electrons. The summed E-state index contributed by atoms with van der Waals surface area (Å²) < 4.78 is 13.9. The Bertz CT molecular complexity index is 482. The quantitative estimate of drug-likeness (QED) is 0.791. The molecule has 5 heteroatoms. The van der Waals surface area contributed by atoms with Crippen molar-refractivity contribution in [2.24, 2.45) is 0 Å². The standard InChI is InChI=1S/C14H18BrFN2O/c1-9-7-18(8-10(2)17(9)3)14(19)11-4-5-12(15)13(16)6-11/h4-6,9-10H,7-8H2,1-3H3. The van der Waals surface area contributed by atoms with Crippen LogP contribution < -0.4 is 0 Å². The molecule has 2 rings (SSSR count). The highest BCUT2D eigenvalue weighted by molar-refractivity contribution is 9.10. The highest BCUT2D eigenvalue weighted by atomic mass is 79.9. The van der Waals surface area contributed by atoms with E-state index < -0.39 is 5.82 Å². The molecule has 0 aliphatic carbocycles. The highest BCUT2D eigenvalue weighted by Crippen LogP contribution is 2.20. The number of rotatable bonds is 1. The summed E-state index contributed by atoms with van der Waals surface area (Å²) in [4.78, 5) is 16.4. The summed E-state index contributed by atoms with van der Waals surface area (Å²) >= 11 is 3.09. The SMILES string of the molecule is CC1CN(C(=O)c2ccc(Br)c(F)c2)CC(C)N1C. The van der Waals surface area contributed by atoms with Gasteiger partial charge in [-0.15, -0.1) is 0 Å². The third-order valence-corrected chi connectivity index (χ3v) is 4.46. The zero-order valence-electron chi connectivity index (χ0n) is 11.4. The first-order chi connectivity index (χ1) is 8.90. The molecule has 3 nitrogen and oxygen atoms in total. The van der Waals surface area contributed by atoms with Crippen molar-refractivity contribution in [2.45, 2.75) is 25.9 Å². The zero-order chi connectivity index (χ0) is 14.2. The molecule has 1 fully saturated rings. The average Bonchev–Trinajstić information content (AvgIpc) is 2.37. The number of hydrogen-bond acceptors (Lipinski definition) is 2. The van der Waals surface area contributed by atoms with Gasteiger partial charge >= 0.3 is 0 Å². The van der Waals surface area contributed by atoms with Gasteiger partial charge in [0.05, 0.1) is 4.47 Å². The summed E-state index contributed by atoms with van der Waals surface area (Å²) in [5.74, 6) is -0.501. The minimum absolute atomic E-state index is 0.0989. The molecular weight excluding hydrogens is 311 g/mol. The second-order valence-corrected chi connectivity index (χ2v) is 6.06. The van der Waals surface area contributed by atoms with Crippen LogP contribution in [0.2, 0.25) is 0 Å². The summed E-state index contributed by atoms with van der Waals surface area (Å²) in [7, 11) is 2.07. The zero-order valence-corrected chi connectivity index (χ0v) is 12.9. The number of nitrogens with zero attached hydrogens (tertiary/aromatic N) is 2. The molecule has 0 aromatic heterocycles. The van der Waals surface area contributed by atoms with E-state index in [0.717, 1.165) is 0 Å². The molecule has 1 saturated heterocycles. The molecule has 2 atom stereocenters. The molecule has 1 heterocycles. The Morgan fingerprint density at radius 1 is 1.32 bits per heavy atom. The maximum absolute atomic E-state index is 13.5. The number of benzene rings is 1. The monoisotopic (exact) mass is 328 g/mol. The fraction of sp³-hybridized carbons (Fsp3) is 0.500. The number of carbonyl (C=O) groups is 1. The maximum atomic E-state index is 13.5. The van der Waals surface area contributed by atoms with Crippen LogP contribution in [-0.4, -0.2) is 47.9 Å². The molecule has 0 N–H and O–H groups in total. The molecule has 1 aliphatic heterocycles. The Morgan fingerprint density at radius 3 is 2.42 bits per heavy atom. The van der Waals surface area contributed by atoms with E-state index in [2.05, 4.69) is 41.7 Å². The first kappa shape index (κ1) is 14.5.